The van der Waals surface area contributed by atoms with E-state index in [9.17, 15) is 9.18 Å². The van der Waals surface area contributed by atoms with Crippen molar-refractivity contribution in [3.63, 3.8) is 0 Å². The Labute approximate surface area is 110 Å². The molecule has 0 unspecified atom stereocenters. The van der Waals surface area contributed by atoms with Crippen molar-refractivity contribution < 1.29 is 13.6 Å². The van der Waals surface area contributed by atoms with E-state index in [1.807, 2.05) is 0 Å². The summed E-state index contributed by atoms with van der Waals surface area (Å²) in [6.07, 6.45) is 1.89. The van der Waals surface area contributed by atoms with Crippen LogP contribution in [0.15, 0.2) is 28.7 Å². The third-order valence-electron chi connectivity index (χ3n) is 3.60. The van der Waals surface area contributed by atoms with Crippen molar-refractivity contribution in [3.8, 4) is 0 Å². The van der Waals surface area contributed by atoms with E-state index < -0.39 is 0 Å². The van der Waals surface area contributed by atoms with Gasteiger partial charge in [-0.3, -0.25) is 4.79 Å². The predicted molar refractivity (Wildman–Crippen MR) is 69.3 cm³/mol. The SMILES string of the molecule is NC[C@H]1CCCN1C(=O)c1cc2cc(F)ccc2o1. The molecular weight excluding hydrogens is 247 g/mol. The van der Waals surface area contributed by atoms with E-state index in [0.717, 1.165) is 12.8 Å². The van der Waals surface area contributed by atoms with Gasteiger partial charge >= 0.3 is 0 Å². The lowest BCUT2D eigenvalue weighted by atomic mass is 10.2. The van der Waals surface area contributed by atoms with Crippen LogP contribution in [0.1, 0.15) is 23.4 Å². The highest BCUT2D eigenvalue weighted by atomic mass is 19.1. The topological polar surface area (TPSA) is 59.5 Å². The highest BCUT2D eigenvalue weighted by Crippen LogP contribution is 2.24. The zero-order chi connectivity index (χ0) is 13.4. The van der Waals surface area contributed by atoms with Crippen LogP contribution in [0.5, 0.6) is 0 Å². The Kier molecular flexibility index (Phi) is 2.98. The molecule has 1 aromatic carbocycles. The minimum Gasteiger partial charge on any atom is -0.451 e. The van der Waals surface area contributed by atoms with E-state index in [1.54, 1.807) is 11.0 Å². The van der Waals surface area contributed by atoms with Crippen molar-refractivity contribution in [3.05, 3.63) is 35.8 Å². The van der Waals surface area contributed by atoms with E-state index in [-0.39, 0.29) is 23.5 Å². The summed E-state index contributed by atoms with van der Waals surface area (Å²) < 4.78 is 18.6. The second-order valence-electron chi connectivity index (χ2n) is 4.82. The molecule has 2 aromatic rings. The molecule has 0 aliphatic carbocycles. The summed E-state index contributed by atoms with van der Waals surface area (Å²) in [4.78, 5) is 14.1. The van der Waals surface area contributed by atoms with Crippen LogP contribution >= 0.6 is 0 Å². The number of halogens is 1. The standard InChI is InChI=1S/C14H15FN2O2/c15-10-3-4-12-9(6-10)7-13(19-12)14(18)17-5-1-2-11(17)8-16/h3-4,6-7,11H,1-2,5,8,16H2/t11-/m1/s1. The van der Waals surface area contributed by atoms with Gasteiger partial charge in [0.2, 0.25) is 0 Å². The van der Waals surface area contributed by atoms with Gasteiger partial charge in [0.25, 0.3) is 5.91 Å². The maximum Gasteiger partial charge on any atom is 0.289 e. The van der Waals surface area contributed by atoms with Crippen LogP contribution < -0.4 is 5.73 Å². The average Bonchev–Trinajstić information content (AvgIpc) is 3.03. The number of furan rings is 1. The van der Waals surface area contributed by atoms with Gasteiger partial charge in [0.15, 0.2) is 5.76 Å². The Morgan fingerprint density at radius 2 is 2.32 bits per heavy atom. The third kappa shape index (κ3) is 2.10. The van der Waals surface area contributed by atoms with Crippen LogP contribution in [0.4, 0.5) is 4.39 Å². The van der Waals surface area contributed by atoms with Gasteiger partial charge < -0.3 is 15.1 Å². The lowest BCUT2D eigenvalue weighted by Gasteiger charge is -2.22. The fourth-order valence-corrected chi connectivity index (χ4v) is 2.61. The normalized spacial score (nSPS) is 19.3. The molecule has 100 valence electrons. The zero-order valence-corrected chi connectivity index (χ0v) is 10.4. The van der Waals surface area contributed by atoms with Crippen LogP contribution in [0.3, 0.4) is 0 Å². The summed E-state index contributed by atoms with van der Waals surface area (Å²) in [7, 11) is 0. The van der Waals surface area contributed by atoms with Gasteiger partial charge in [-0.1, -0.05) is 0 Å². The molecule has 1 fully saturated rings. The highest BCUT2D eigenvalue weighted by molar-refractivity contribution is 5.96. The minimum atomic E-state index is -0.340. The van der Waals surface area contributed by atoms with Crippen LogP contribution in [0.25, 0.3) is 11.0 Å². The summed E-state index contributed by atoms with van der Waals surface area (Å²) in [6.45, 7) is 1.16. The lowest BCUT2D eigenvalue weighted by Crippen LogP contribution is -2.39. The fourth-order valence-electron chi connectivity index (χ4n) is 2.61. The van der Waals surface area contributed by atoms with Crippen molar-refractivity contribution >= 4 is 16.9 Å². The number of nitrogens with two attached hydrogens (primary N) is 1. The summed E-state index contributed by atoms with van der Waals surface area (Å²) in [5.41, 5.74) is 6.18. The smallest absolute Gasteiger partial charge is 0.289 e. The molecule has 1 aromatic heterocycles. The number of likely N-dealkylation sites (tertiary alicyclic amines) is 1. The second-order valence-corrected chi connectivity index (χ2v) is 4.82. The van der Waals surface area contributed by atoms with Gasteiger partial charge in [-0.05, 0) is 37.1 Å². The van der Waals surface area contributed by atoms with Crippen molar-refractivity contribution in [1.29, 1.82) is 0 Å². The van der Waals surface area contributed by atoms with Crippen molar-refractivity contribution in [2.45, 2.75) is 18.9 Å². The molecule has 1 aliphatic heterocycles. The number of amides is 1. The average molecular weight is 262 g/mol. The highest BCUT2D eigenvalue weighted by Gasteiger charge is 2.30. The van der Waals surface area contributed by atoms with Crippen LogP contribution in [0.2, 0.25) is 0 Å². The minimum absolute atomic E-state index is 0.0810. The van der Waals surface area contributed by atoms with E-state index in [0.29, 0.717) is 24.1 Å². The largest absolute Gasteiger partial charge is 0.451 e. The van der Waals surface area contributed by atoms with Crippen LogP contribution in [-0.4, -0.2) is 29.9 Å². The van der Waals surface area contributed by atoms with Gasteiger partial charge in [0.1, 0.15) is 11.4 Å². The molecule has 5 heteroatoms. The monoisotopic (exact) mass is 262 g/mol. The third-order valence-corrected chi connectivity index (χ3v) is 3.60. The molecule has 3 rings (SSSR count). The molecular formula is C14H15FN2O2. The molecule has 1 amide bonds. The molecule has 19 heavy (non-hydrogen) atoms. The predicted octanol–water partition coefficient (Wildman–Crippen LogP) is 2.14. The summed E-state index contributed by atoms with van der Waals surface area (Å²) in [5.74, 6) is -0.251. The number of benzene rings is 1. The molecule has 2 heterocycles. The lowest BCUT2D eigenvalue weighted by molar-refractivity contribution is 0.0711. The number of carbonyl (C=O) groups is 1. The first-order valence-electron chi connectivity index (χ1n) is 6.39. The second kappa shape index (κ2) is 4.66. The molecule has 4 nitrogen and oxygen atoms in total. The molecule has 1 atom stereocenters. The summed E-state index contributed by atoms with van der Waals surface area (Å²) >= 11 is 0. The first-order chi connectivity index (χ1) is 9.19. The van der Waals surface area contributed by atoms with Crippen molar-refractivity contribution in [2.24, 2.45) is 5.73 Å². The first kappa shape index (κ1) is 12.2. The van der Waals surface area contributed by atoms with Crippen molar-refractivity contribution in [2.75, 3.05) is 13.1 Å². The quantitative estimate of drug-likeness (QED) is 0.902. The summed E-state index contributed by atoms with van der Waals surface area (Å²) in [6, 6.07) is 5.88. The molecule has 1 saturated heterocycles. The number of fused-ring (bicyclic) bond motifs is 1. The number of rotatable bonds is 2. The van der Waals surface area contributed by atoms with E-state index in [4.69, 9.17) is 10.2 Å². The zero-order valence-electron chi connectivity index (χ0n) is 10.4. The Morgan fingerprint density at radius 1 is 1.47 bits per heavy atom. The molecule has 0 bridgehead atoms. The van der Waals surface area contributed by atoms with Gasteiger partial charge in [-0.25, -0.2) is 4.39 Å². The van der Waals surface area contributed by atoms with Gasteiger partial charge in [0.05, 0.1) is 0 Å². The molecule has 0 spiro atoms. The van der Waals surface area contributed by atoms with E-state index >= 15 is 0 Å². The van der Waals surface area contributed by atoms with Crippen LogP contribution in [0, 0.1) is 5.82 Å². The number of hydrogen-bond donors (Lipinski definition) is 1. The Bertz CT molecular complexity index is 623. The maximum absolute atomic E-state index is 13.1. The summed E-state index contributed by atoms with van der Waals surface area (Å²) in [5, 5.41) is 0.604. The first-order valence-corrected chi connectivity index (χ1v) is 6.39. The molecule has 2 N–H and O–H groups in total. The Hall–Kier alpha value is -1.88. The van der Waals surface area contributed by atoms with Crippen molar-refractivity contribution in [1.82, 2.24) is 4.90 Å². The number of nitrogens with zero attached hydrogens (tertiary/aromatic N) is 1. The fraction of sp³-hybridized carbons (Fsp3) is 0.357. The van der Waals surface area contributed by atoms with Crippen LogP contribution in [-0.2, 0) is 0 Å². The number of hydrogen-bond acceptors (Lipinski definition) is 3. The Balaban J connectivity index is 1.93. The van der Waals surface area contributed by atoms with Gasteiger partial charge in [0, 0.05) is 24.5 Å². The Morgan fingerprint density at radius 3 is 3.11 bits per heavy atom. The van der Waals surface area contributed by atoms with Gasteiger partial charge in [-0.2, -0.15) is 0 Å². The van der Waals surface area contributed by atoms with Gasteiger partial charge in [-0.15, -0.1) is 0 Å². The molecule has 1 aliphatic rings. The van der Waals surface area contributed by atoms with E-state index in [2.05, 4.69) is 0 Å². The van der Waals surface area contributed by atoms with E-state index in [1.165, 1.54) is 18.2 Å². The number of carbonyl (C=O) groups excluding carboxylic acids is 1. The molecule has 0 saturated carbocycles. The molecule has 0 radical (unpaired) electrons. The maximum atomic E-state index is 13.1.